The van der Waals surface area contributed by atoms with Crippen molar-refractivity contribution in [3.8, 4) is 0 Å². The molecule has 1 heterocycles. The maximum absolute atomic E-state index is 12.8. The molecule has 27 heavy (non-hydrogen) atoms. The summed E-state index contributed by atoms with van der Waals surface area (Å²) in [5.41, 5.74) is 3.60. The molecule has 0 fully saturated rings. The molecule has 1 atom stereocenters. The van der Waals surface area contributed by atoms with Gasteiger partial charge in [0.15, 0.2) is 0 Å². The van der Waals surface area contributed by atoms with Gasteiger partial charge >= 0.3 is 5.97 Å². The Balaban J connectivity index is 1.86. The first-order chi connectivity index (χ1) is 12.8. The Hall–Kier alpha value is -2.30. The number of nitrogens with one attached hydrogen (secondary N) is 1. The van der Waals surface area contributed by atoms with Gasteiger partial charge in [0.2, 0.25) is 5.91 Å². The summed E-state index contributed by atoms with van der Waals surface area (Å²) in [6.45, 7) is 3.84. The lowest BCUT2D eigenvalue weighted by Crippen LogP contribution is -2.34. The SMILES string of the molecule is CC1=C(C(=O)OCc2ccc(C)cc2)C(c2ccc(Cl)cc2Cl)CC(=O)N1. The van der Waals surface area contributed by atoms with Gasteiger partial charge in [-0.25, -0.2) is 4.79 Å². The Bertz CT molecular complexity index is 920. The molecule has 1 amide bonds. The molecule has 0 bridgehead atoms. The Morgan fingerprint density at radius 3 is 2.52 bits per heavy atom. The number of hydrogen-bond acceptors (Lipinski definition) is 3. The van der Waals surface area contributed by atoms with Gasteiger partial charge in [0.1, 0.15) is 6.61 Å². The number of ether oxygens (including phenoxy) is 1. The standard InChI is InChI=1S/C21H19Cl2NO3/c1-12-3-5-14(6-4-12)11-27-21(26)20-13(2)24-19(25)10-17(20)16-8-7-15(22)9-18(16)23/h3-9,17H,10-11H2,1-2H3,(H,24,25). The molecular weight excluding hydrogens is 385 g/mol. The van der Waals surface area contributed by atoms with E-state index in [9.17, 15) is 9.59 Å². The Kier molecular flexibility index (Phi) is 5.88. The molecule has 2 aromatic carbocycles. The van der Waals surface area contributed by atoms with Crippen molar-refractivity contribution < 1.29 is 14.3 Å². The molecule has 2 aromatic rings. The molecule has 0 radical (unpaired) electrons. The lowest BCUT2D eigenvalue weighted by molar-refractivity contribution is -0.141. The largest absolute Gasteiger partial charge is 0.457 e. The number of allylic oxidation sites excluding steroid dienone is 1. The van der Waals surface area contributed by atoms with Crippen molar-refractivity contribution in [3.05, 3.63) is 80.5 Å². The number of amides is 1. The minimum Gasteiger partial charge on any atom is -0.457 e. The molecule has 0 aromatic heterocycles. The molecule has 1 aliphatic heterocycles. The van der Waals surface area contributed by atoms with Gasteiger partial charge in [0, 0.05) is 28.1 Å². The third kappa shape index (κ3) is 4.52. The molecule has 3 rings (SSSR count). The van der Waals surface area contributed by atoms with Crippen LogP contribution >= 0.6 is 23.2 Å². The second-order valence-electron chi connectivity index (χ2n) is 6.57. The lowest BCUT2D eigenvalue weighted by Gasteiger charge is -2.27. The first kappa shape index (κ1) is 19.5. The summed E-state index contributed by atoms with van der Waals surface area (Å²) in [4.78, 5) is 24.9. The second-order valence-corrected chi connectivity index (χ2v) is 7.41. The zero-order valence-corrected chi connectivity index (χ0v) is 16.5. The lowest BCUT2D eigenvalue weighted by atomic mass is 9.84. The monoisotopic (exact) mass is 403 g/mol. The molecule has 0 spiro atoms. The predicted octanol–water partition coefficient (Wildman–Crippen LogP) is 4.92. The van der Waals surface area contributed by atoms with E-state index >= 15 is 0 Å². The van der Waals surface area contributed by atoms with Crippen LogP contribution in [0.3, 0.4) is 0 Å². The van der Waals surface area contributed by atoms with Gasteiger partial charge in [-0.2, -0.15) is 0 Å². The van der Waals surface area contributed by atoms with Crippen LogP contribution in [-0.4, -0.2) is 11.9 Å². The van der Waals surface area contributed by atoms with Gasteiger partial charge in [0.25, 0.3) is 0 Å². The van der Waals surface area contributed by atoms with E-state index in [1.165, 1.54) is 0 Å². The molecule has 1 N–H and O–H groups in total. The van der Waals surface area contributed by atoms with E-state index < -0.39 is 11.9 Å². The average molecular weight is 404 g/mol. The van der Waals surface area contributed by atoms with E-state index in [2.05, 4.69) is 5.32 Å². The Labute approximate surface area is 168 Å². The first-order valence-electron chi connectivity index (χ1n) is 8.53. The van der Waals surface area contributed by atoms with Gasteiger partial charge in [-0.3, -0.25) is 4.79 Å². The summed E-state index contributed by atoms with van der Waals surface area (Å²) >= 11 is 12.3. The number of hydrogen-bond donors (Lipinski definition) is 1. The van der Waals surface area contributed by atoms with Crippen LogP contribution in [0.5, 0.6) is 0 Å². The number of aryl methyl sites for hydroxylation is 1. The number of rotatable bonds is 4. The highest BCUT2D eigenvalue weighted by Crippen LogP contribution is 2.38. The first-order valence-corrected chi connectivity index (χ1v) is 9.29. The van der Waals surface area contributed by atoms with Crippen molar-refractivity contribution in [2.45, 2.75) is 32.8 Å². The summed E-state index contributed by atoms with van der Waals surface area (Å²) in [5, 5.41) is 3.63. The van der Waals surface area contributed by atoms with Crippen molar-refractivity contribution in [1.29, 1.82) is 0 Å². The second kappa shape index (κ2) is 8.15. The molecule has 6 heteroatoms. The molecule has 0 saturated carbocycles. The quantitative estimate of drug-likeness (QED) is 0.736. The van der Waals surface area contributed by atoms with Crippen molar-refractivity contribution in [3.63, 3.8) is 0 Å². The van der Waals surface area contributed by atoms with Gasteiger partial charge < -0.3 is 10.1 Å². The van der Waals surface area contributed by atoms with Crippen LogP contribution in [0.15, 0.2) is 53.7 Å². The fraction of sp³-hybridized carbons (Fsp3) is 0.238. The number of halogens is 2. The zero-order chi connectivity index (χ0) is 19.6. The minimum absolute atomic E-state index is 0.119. The van der Waals surface area contributed by atoms with Crippen LogP contribution in [0.4, 0.5) is 0 Å². The maximum Gasteiger partial charge on any atom is 0.336 e. The van der Waals surface area contributed by atoms with E-state index in [0.29, 0.717) is 26.9 Å². The van der Waals surface area contributed by atoms with E-state index in [4.69, 9.17) is 27.9 Å². The molecule has 1 unspecified atom stereocenters. The Morgan fingerprint density at radius 1 is 1.15 bits per heavy atom. The fourth-order valence-electron chi connectivity index (χ4n) is 3.13. The molecular formula is C21H19Cl2NO3. The smallest absolute Gasteiger partial charge is 0.336 e. The van der Waals surface area contributed by atoms with Crippen molar-refractivity contribution in [2.75, 3.05) is 0 Å². The summed E-state index contributed by atoms with van der Waals surface area (Å²) in [7, 11) is 0. The number of carbonyl (C=O) groups excluding carboxylic acids is 2. The summed E-state index contributed by atoms with van der Waals surface area (Å²) < 4.78 is 5.51. The minimum atomic E-state index is -0.478. The van der Waals surface area contributed by atoms with Crippen molar-refractivity contribution >= 4 is 35.1 Å². The van der Waals surface area contributed by atoms with Gasteiger partial charge in [-0.05, 0) is 37.1 Å². The van der Waals surface area contributed by atoms with Gasteiger partial charge in [-0.1, -0.05) is 59.1 Å². The fourth-order valence-corrected chi connectivity index (χ4v) is 3.67. The number of carbonyl (C=O) groups is 2. The third-order valence-electron chi connectivity index (χ3n) is 4.52. The summed E-state index contributed by atoms with van der Waals surface area (Å²) in [5.74, 6) is -1.11. The maximum atomic E-state index is 12.8. The average Bonchev–Trinajstić information content (AvgIpc) is 2.60. The topological polar surface area (TPSA) is 55.4 Å². The van der Waals surface area contributed by atoms with Crippen LogP contribution in [0.1, 0.15) is 36.0 Å². The molecule has 4 nitrogen and oxygen atoms in total. The summed E-state index contributed by atoms with van der Waals surface area (Å²) in [6, 6.07) is 12.8. The van der Waals surface area contributed by atoms with E-state index in [0.717, 1.165) is 11.1 Å². The molecule has 1 aliphatic rings. The molecule has 0 saturated heterocycles. The predicted molar refractivity (Wildman–Crippen MR) is 106 cm³/mol. The third-order valence-corrected chi connectivity index (χ3v) is 5.08. The Morgan fingerprint density at radius 2 is 1.85 bits per heavy atom. The number of esters is 1. The highest BCUT2D eigenvalue weighted by Gasteiger charge is 2.33. The zero-order valence-electron chi connectivity index (χ0n) is 15.0. The van der Waals surface area contributed by atoms with E-state index in [-0.39, 0.29) is 18.9 Å². The normalized spacial score (nSPS) is 16.9. The number of benzene rings is 2. The van der Waals surface area contributed by atoms with Crippen LogP contribution in [0.2, 0.25) is 10.0 Å². The van der Waals surface area contributed by atoms with Crippen molar-refractivity contribution in [1.82, 2.24) is 5.32 Å². The van der Waals surface area contributed by atoms with E-state index in [1.54, 1.807) is 25.1 Å². The molecule has 0 aliphatic carbocycles. The summed E-state index contributed by atoms with van der Waals surface area (Å²) in [6.07, 6.45) is 0.119. The van der Waals surface area contributed by atoms with Crippen LogP contribution in [0.25, 0.3) is 0 Å². The van der Waals surface area contributed by atoms with Crippen LogP contribution < -0.4 is 5.32 Å². The van der Waals surface area contributed by atoms with Gasteiger partial charge in [-0.15, -0.1) is 0 Å². The van der Waals surface area contributed by atoms with E-state index in [1.807, 2.05) is 31.2 Å². The highest BCUT2D eigenvalue weighted by atomic mass is 35.5. The van der Waals surface area contributed by atoms with Crippen LogP contribution in [-0.2, 0) is 20.9 Å². The highest BCUT2D eigenvalue weighted by molar-refractivity contribution is 6.35. The molecule has 140 valence electrons. The van der Waals surface area contributed by atoms with Crippen molar-refractivity contribution in [2.24, 2.45) is 0 Å². The van der Waals surface area contributed by atoms with Crippen LogP contribution in [0, 0.1) is 6.92 Å². The van der Waals surface area contributed by atoms with Gasteiger partial charge in [0.05, 0.1) is 5.57 Å².